The maximum Gasteiger partial charge on any atom is 0.392 e. The summed E-state index contributed by atoms with van der Waals surface area (Å²) in [7, 11) is 0. The zero-order chi connectivity index (χ0) is 15.2. The molecule has 0 atom stereocenters. The molecular formula is C14H19BrF3NO. The molecule has 1 aromatic carbocycles. The van der Waals surface area contributed by atoms with E-state index in [4.69, 9.17) is 4.74 Å². The van der Waals surface area contributed by atoms with Gasteiger partial charge in [0.2, 0.25) is 0 Å². The largest absolute Gasteiger partial charge is 0.493 e. The Kier molecular flexibility index (Phi) is 6.82. The van der Waals surface area contributed by atoms with Crippen molar-refractivity contribution >= 4 is 15.9 Å². The Morgan fingerprint density at radius 3 is 2.60 bits per heavy atom. The average molecular weight is 354 g/mol. The van der Waals surface area contributed by atoms with Gasteiger partial charge in [-0.3, -0.25) is 0 Å². The second-order valence-electron chi connectivity index (χ2n) is 4.99. The molecule has 0 aliphatic carbocycles. The first kappa shape index (κ1) is 17.3. The van der Waals surface area contributed by atoms with E-state index in [0.717, 1.165) is 16.6 Å². The van der Waals surface area contributed by atoms with Gasteiger partial charge in [-0.05, 0) is 36.2 Å². The van der Waals surface area contributed by atoms with Gasteiger partial charge in [-0.2, -0.15) is 13.2 Å². The van der Waals surface area contributed by atoms with Gasteiger partial charge >= 0.3 is 6.18 Å². The van der Waals surface area contributed by atoms with E-state index < -0.39 is 12.6 Å². The van der Waals surface area contributed by atoms with Crippen molar-refractivity contribution in [2.24, 2.45) is 5.92 Å². The minimum absolute atomic E-state index is 0.357. The Morgan fingerprint density at radius 2 is 2.00 bits per heavy atom. The second kappa shape index (κ2) is 7.88. The first-order valence-corrected chi connectivity index (χ1v) is 7.26. The number of benzene rings is 1. The van der Waals surface area contributed by atoms with E-state index >= 15 is 0 Å². The fraction of sp³-hybridized carbons (Fsp3) is 0.571. The van der Waals surface area contributed by atoms with E-state index in [9.17, 15) is 13.2 Å². The van der Waals surface area contributed by atoms with E-state index in [1.54, 1.807) is 18.2 Å². The fourth-order valence-electron chi connectivity index (χ4n) is 1.56. The smallest absolute Gasteiger partial charge is 0.392 e. The van der Waals surface area contributed by atoms with Gasteiger partial charge in [0.1, 0.15) is 5.75 Å². The molecule has 114 valence electrons. The minimum Gasteiger partial charge on any atom is -0.493 e. The number of ether oxygens (including phenoxy) is 1. The summed E-state index contributed by atoms with van der Waals surface area (Å²) in [5.41, 5.74) is 0.968. The number of hydrogen-bond donors (Lipinski definition) is 1. The van der Waals surface area contributed by atoms with Crippen LogP contribution in [0.3, 0.4) is 0 Å². The standard InChI is InChI=1S/C14H19BrF3NO/c1-10(2)8-19-9-11-7-12(3-4-13(11)15)20-6-5-14(16,17)18/h3-4,7,10,19H,5-6,8-9H2,1-2H3. The summed E-state index contributed by atoms with van der Waals surface area (Å²) in [5, 5.41) is 3.28. The predicted octanol–water partition coefficient (Wildman–Crippen LogP) is 4.53. The molecule has 6 heteroatoms. The molecule has 0 fully saturated rings. The zero-order valence-corrected chi connectivity index (χ0v) is 13.1. The van der Waals surface area contributed by atoms with E-state index in [-0.39, 0.29) is 6.61 Å². The van der Waals surface area contributed by atoms with Gasteiger partial charge < -0.3 is 10.1 Å². The highest BCUT2D eigenvalue weighted by Gasteiger charge is 2.26. The Hall–Kier alpha value is -0.750. The molecule has 20 heavy (non-hydrogen) atoms. The number of alkyl halides is 3. The Bertz CT molecular complexity index is 421. The van der Waals surface area contributed by atoms with Crippen LogP contribution in [-0.4, -0.2) is 19.3 Å². The van der Waals surface area contributed by atoms with Crippen molar-refractivity contribution in [2.75, 3.05) is 13.2 Å². The molecule has 0 unspecified atom stereocenters. The van der Waals surface area contributed by atoms with Gasteiger partial charge in [-0.1, -0.05) is 29.8 Å². The fourth-order valence-corrected chi connectivity index (χ4v) is 1.94. The van der Waals surface area contributed by atoms with Gasteiger partial charge in [-0.15, -0.1) is 0 Å². The van der Waals surface area contributed by atoms with Crippen molar-refractivity contribution in [2.45, 2.75) is 33.0 Å². The van der Waals surface area contributed by atoms with Crippen molar-refractivity contribution < 1.29 is 17.9 Å². The number of hydrogen-bond acceptors (Lipinski definition) is 2. The normalized spacial score (nSPS) is 11.9. The maximum absolute atomic E-state index is 12.0. The van der Waals surface area contributed by atoms with Crippen LogP contribution in [0.1, 0.15) is 25.8 Å². The summed E-state index contributed by atoms with van der Waals surface area (Å²) < 4.78 is 42.2. The summed E-state index contributed by atoms with van der Waals surface area (Å²) in [4.78, 5) is 0. The van der Waals surface area contributed by atoms with E-state index in [1.807, 2.05) is 0 Å². The molecule has 0 saturated carbocycles. The van der Waals surface area contributed by atoms with Gasteiger partial charge in [0.15, 0.2) is 0 Å². The number of halogens is 4. The predicted molar refractivity (Wildman–Crippen MR) is 76.9 cm³/mol. The molecule has 0 amide bonds. The zero-order valence-electron chi connectivity index (χ0n) is 11.6. The van der Waals surface area contributed by atoms with Crippen LogP contribution in [0.5, 0.6) is 5.75 Å². The van der Waals surface area contributed by atoms with Crippen molar-refractivity contribution in [3.63, 3.8) is 0 Å². The molecule has 2 nitrogen and oxygen atoms in total. The molecule has 1 aromatic rings. The topological polar surface area (TPSA) is 21.3 Å². The SMILES string of the molecule is CC(C)CNCc1cc(OCCC(F)(F)F)ccc1Br. The molecule has 0 saturated heterocycles. The molecule has 0 bridgehead atoms. The summed E-state index contributed by atoms with van der Waals surface area (Å²) in [6, 6.07) is 5.20. The molecule has 0 radical (unpaired) electrons. The van der Waals surface area contributed by atoms with E-state index in [1.165, 1.54) is 0 Å². The van der Waals surface area contributed by atoms with Crippen molar-refractivity contribution in [1.82, 2.24) is 5.32 Å². The van der Waals surface area contributed by atoms with Crippen LogP contribution in [0.4, 0.5) is 13.2 Å². The molecule has 0 aromatic heterocycles. The molecule has 0 aliphatic heterocycles. The van der Waals surface area contributed by atoms with Crippen LogP contribution < -0.4 is 10.1 Å². The Morgan fingerprint density at radius 1 is 1.30 bits per heavy atom. The average Bonchev–Trinajstić information content (AvgIpc) is 2.31. The lowest BCUT2D eigenvalue weighted by Gasteiger charge is -2.12. The van der Waals surface area contributed by atoms with Crippen molar-refractivity contribution in [3.05, 3.63) is 28.2 Å². The van der Waals surface area contributed by atoms with Gasteiger partial charge in [0, 0.05) is 11.0 Å². The highest BCUT2D eigenvalue weighted by Crippen LogP contribution is 2.24. The lowest BCUT2D eigenvalue weighted by Crippen LogP contribution is -2.19. The highest BCUT2D eigenvalue weighted by atomic mass is 79.9. The summed E-state index contributed by atoms with van der Waals surface area (Å²) in [6.45, 7) is 5.39. The Labute approximate surface area is 125 Å². The van der Waals surface area contributed by atoms with Gasteiger partial charge in [-0.25, -0.2) is 0 Å². The number of nitrogens with one attached hydrogen (secondary N) is 1. The third-order valence-corrected chi connectivity index (χ3v) is 3.31. The lowest BCUT2D eigenvalue weighted by atomic mass is 10.2. The van der Waals surface area contributed by atoms with Crippen LogP contribution in [0, 0.1) is 5.92 Å². The van der Waals surface area contributed by atoms with Gasteiger partial charge in [0.25, 0.3) is 0 Å². The lowest BCUT2D eigenvalue weighted by molar-refractivity contribution is -0.139. The molecule has 0 aliphatic rings. The molecule has 0 spiro atoms. The monoisotopic (exact) mass is 353 g/mol. The van der Waals surface area contributed by atoms with Gasteiger partial charge in [0.05, 0.1) is 13.0 Å². The van der Waals surface area contributed by atoms with Crippen molar-refractivity contribution in [1.29, 1.82) is 0 Å². The first-order valence-electron chi connectivity index (χ1n) is 6.46. The van der Waals surface area contributed by atoms with E-state index in [0.29, 0.717) is 18.2 Å². The Balaban J connectivity index is 2.52. The number of rotatable bonds is 7. The third-order valence-electron chi connectivity index (χ3n) is 2.54. The molecular weight excluding hydrogens is 335 g/mol. The minimum atomic E-state index is -4.18. The highest BCUT2D eigenvalue weighted by molar-refractivity contribution is 9.10. The van der Waals surface area contributed by atoms with Crippen LogP contribution in [-0.2, 0) is 6.54 Å². The van der Waals surface area contributed by atoms with Crippen molar-refractivity contribution in [3.8, 4) is 5.75 Å². The van der Waals surface area contributed by atoms with E-state index in [2.05, 4.69) is 35.1 Å². The van der Waals surface area contributed by atoms with Crippen LogP contribution in [0.25, 0.3) is 0 Å². The van der Waals surface area contributed by atoms with Crippen LogP contribution in [0.2, 0.25) is 0 Å². The van der Waals surface area contributed by atoms with Crippen LogP contribution >= 0.6 is 15.9 Å². The van der Waals surface area contributed by atoms with Crippen LogP contribution in [0.15, 0.2) is 22.7 Å². The molecule has 0 heterocycles. The quantitative estimate of drug-likeness (QED) is 0.777. The summed E-state index contributed by atoms with van der Waals surface area (Å²) >= 11 is 3.42. The summed E-state index contributed by atoms with van der Waals surface area (Å²) in [5.74, 6) is 0.999. The molecule has 1 N–H and O–H groups in total. The maximum atomic E-state index is 12.0. The first-order chi connectivity index (χ1) is 9.28. The third kappa shape index (κ3) is 7.14. The summed E-state index contributed by atoms with van der Waals surface area (Å²) in [6.07, 6.45) is -5.12. The molecule has 1 rings (SSSR count). The second-order valence-corrected chi connectivity index (χ2v) is 5.85.